The van der Waals surface area contributed by atoms with Crippen LogP contribution in [-0.2, 0) is 0 Å². The minimum absolute atomic E-state index is 0.246. The number of benzene rings is 1. The molecule has 7 heteroatoms. The van der Waals surface area contributed by atoms with E-state index >= 15 is 0 Å². The van der Waals surface area contributed by atoms with Gasteiger partial charge in [-0.1, -0.05) is 0 Å². The summed E-state index contributed by atoms with van der Waals surface area (Å²) in [5, 5.41) is 9.92. The fourth-order valence-corrected chi connectivity index (χ4v) is 4.51. The maximum Gasteiger partial charge on any atom is 0.129 e. The number of aliphatic hydroxyl groups is 1. The van der Waals surface area contributed by atoms with E-state index in [2.05, 4.69) is 9.88 Å². The molecule has 0 bridgehead atoms. The third-order valence-electron chi connectivity index (χ3n) is 5.92. The van der Waals surface area contributed by atoms with Gasteiger partial charge in [-0.15, -0.1) is 0 Å². The smallest absolute Gasteiger partial charge is 0.129 e. The van der Waals surface area contributed by atoms with E-state index in [-0.39, 0.29) is 12.1 Å². The van der Waals surface area contributed by atoms with Gasteiger partial charge in [0, 0.05) is 31.4 Å². The summed E-state index contributed by atoms with van der Waals surface area (Å²) in [6, 6.07) is 9.12. The molecule has 2 aromatic heterocycles. The van der Waals surface area contributed by atoms with Crippen molar-refractivity contribution in [2.75, 3.05) is 29.4 Å². The number of β-amino-alcohol motifs (C(OH)–C–C–N with tert-alkyl or cyclic N) is 1. The van der Waals surface area contributed by atoms with Gasteiger partial charge in [-0.05, 0) is 55.7 Å². The molecule has 2 saturated heterocycles. The fourth-order valence-electron chi connectivity index (χ4n) is 4.51. The number of hydrogen-bond acceptors (Lipinski definition) is 5. The van der Waals surface area contributed by atoms with Crippen LogP contribution >= 0.6 is 0 Å². The summed E-state index contributed by atoms with van der Waals surface area (Å²) >= 11 is 0. The first-order valence-electron chi connectivity index (χ1n) is 10.0. The largest absolute Gasteiger partial charge is 0.391 e. The Balaban J connectivity index is 1.55. The average molecular weight is 396 g/mol. The van der Waals surface area contributed by atoms with Crippen LogP contribution in [0.4, 0.5) is 20.3 Å². The van der Waals surface area contributed by atoms with Crippen LogP contribution in [0.2, 0.25) is 0 Å². The van der Waals surface area contributed by atoms with Crippen molar-refractivity contribution in [3.63, 3.8) is 0 Å². The maximum atomic E-state index is 14.4. The Morgan fingerprint density at radius 3 is 2.76 bits per heavy atom. The molecular weight excluding hydrogens is 374 g/mol. The van der Waals surface area contributed by atoms with E-state index in [4.69, 9.17) is 4.98 Å². The summed E-state index contributed by atoms with van der Waals surface area (Å²) in [5.74, 6) is -0.0889. The molecule has 5 rings (SSSR count). The van der Waals surface area contributed by atoms with Crippen molar-refractivity contribution in [3.05, 3.63) is 59.8 Å². The molecule has 29 heavy (non-hydrogen) atoms. The lowest BCUT2D eigenvalue weighted by Crippen LogP contribution is -2.25. The van der Waals surface area contributed by atoms with Crippen molar-refractivity contribution in [1.29, 1.82) is 0 Å². The molecule has 2 unspecified atom stereocenters. The second-order valence-corrected chi connectivity index (χ2v) is 7.77. The lowest BCUT2D eigenvalue weighted by molar-refractivity contribution is 0.198. The van der Waals surface area contributed by atoms with Gasteiger partial charge in [0.2, 0.25) is 0 Å². The molecule has 1 aromatic carbocycles. The van der Waals surface area contributed by atoms with Crippen LogP contribution < -0.4 is 9.80 Å². The van der Waals surface area contributed by atoms with Crippen molar-refractivity contribution in [1.82, 2.24) is 9.97 Å². The van der Waals surface area contributed by atoms with Crippen molar-refractivity contribution in [2.45, 2.75) is 31.4 Å². The molecule has 0 radical (unpaired) electrons. The Morgan fingerprint density at radius 2 is 1.93 bits per heavy atom. The normalized spacial score (nSPS) is 22.0. The molecule has 0 spiro atoms. The topological polar surface area (TPSA) is 52.5 Å². The summed E-state index contributed by atoms with van der Waals surface area (Å²) in [6.45, 7) is 2.08. The van der Waals surface area contributed by atoms with Gasteiger partial charge < -0.3 is 14.9 Å². The summed E-state index contributed by atoms with van der Waals surface area (Å²) in [7, 11) is 0. The van der Waals surface area contributed by atoms with Crippen LogP contribution in [0.15, 0.2) is 42.6 Å². The molecule has 0 aliphatic carbocycles. The molecule has 2 aliphatic heterocycles. The summed E-state index contributed by atoms with van der Waals surface area (Å²) in [4.78, 5) is 13.5. The third kappa shape index (κ3) is 3.29. The number of anilines is 2. The van der Waals surface area contributed by atoms with Crippen molar-refractivity contribution >= 4 is 22.5 Å². The van der Waals surface area contributed by atoms with E-state index in [0.29, 0.717) is 12.1 Å². The van der Waals surface area contributed by atoms with E-state index in [1.54, 1.807) is 6.20 Å². The molecule has 2 aliphatic rings. The molecule has 5 nitrogen and oxygen atoms in total. The van der Waals surface area contributed by atoms with E-state index < -0.39 is 11.6 Å². The number of aromatic nitrogens is 2. The highest BCUT2D eigenvalue weighted by atomic mass is 19.1. The van der Waals surface area contributed by atoms with Gasteiger partial charge in [0.25, 0.3) is 0 Å². The van der Waals surface area contributed by atoms with Gasteiger partial charge in [-0.25, -0.2) is 13.8 Å². The highest BCUT2D eigenvalue weighted by Gasteiger charge is 2.30. The summed E-state index contributed by atoms with van der Waals surface area (Å²) in [6.07, 6.45) is 3.79. The summed E-state index contributed by atoms with van der Waals surface area (Å²) < 4.78 is 28.2. The van der Waals surface area contributed by atoms with E-state index in [1.807, 2.05) is 23.1 Å². The van der Waals surface area contributed by atoms with Crippen LogP contribution in [0.5, 0.6) is 0 Å². The number of fused-ring (bicyclic) bond motifs is 1. The second-order valence-electron chi connectivity index (χ2n) is 7.77. The molecule has 2 fully saturated rings. The van der Waals surface area contributed by atoms with Gasteiger partial charge in [0.15, 0.2) is 0 Å². The van der Waals surface area contributed by atoms with Crippen molar-refractivity contribution < 1.29 is 13.9 Å². The number of rotatable bonds is 3. The zero-order valence-electron chi connectivity index (χ0n) is 15.9. The molecule has 150 valence electrons. The second kappa shape index (κ2) is 7.22. The molecule has 1 N–H and O–H groups in total. The SMILES string of the molecule is OC1CCN(c2ccnc3ccc(N4CCCC4c4cc(F)ccc4F)nc23)C1. The van der Waals surface area contributed by atoms with E-state index in [1.165, 1.54) is 12.1 Å². The number of aliphatic hydroxyl groups excluding tert-OH is 1. The predicted octanol–water partition coefficient (Wildman–Crippen LogP) is 3.82. The molecule has 0 amide bonds. The minimum Gasteiger partial charge on any atom is -0.391 e. The first-order chi connectivity index (χ1) is 14.1. The highest BCUT2D eigenvalue weighted by Crippen LogP contribution is 2.38. The summed E-state index contributed by atoms with van der Waals surface area (Å²) in [5.41, 5.74) is 2.87. The van der Waals surface area contributed by atoms with Crippen LogP contribution in [0.25, 0.3) is 11.0 Å². The zero-order chi connectivity index (χ0) is 20.0. The molecule has 4 heterocycles. The molecule has 3 aromatic rings. The Bertz CT molecular complexity index is 1060. The molecule has 2 atom stereocenters. The highest BCUT2D eigenvalue weighted by molar-refractivity contribution is 5.89. The lowest BCUT2D eigenvalue weighted by Gasteiger charge is -2.27. The first-order valence-corrected chi connectivity index (χ1v) is 10.0. The quantitative estimate of drug-likeness (QED) is 0.730. The number of hydrogen-bond donors (Lipinski definition) is 1. The van der Waals surface area contributed by atoms with E-state index in [0.717, 1.165) is 61.0 Å². The zero-order valence-corrected chi connectivity index (χ0v) is 15.9. The predicted molar refractivity (Wildman–Crippen MR) is 108 cm³/mol. The maximum absolute atomic E-state index is 14.4. The van der Waals surface area contributed by atoms with Crippen molar-refractivity contribution in [3.8, 4) is 0 Å². The van der Waals surface area contributed by atoms with Gasteiger partial charge >= 0.3 is 0 Å². The van der Waals surface area contributed by atoms with Gasteiger partial charge in [-0.3, -0.25) is 4.98 Å². The van der Waals surface area contributed by atoms with Crippen LogP contribution in [0.1, 0.15) is 30.9 Å². The van der Waals surface area contributed by atoms with Crippen LogP contribution in [0.3, 0.4) is 0 Å². The molecule has 0 saturated carbocycles. The fraction of sp³-hybridized carbons (Fsp3) is 0.364. The number of halogens is 2. The Morgan fingerprint density at radius 1 is 1.03 bits per heavy atom. The standard InChI is InChI=1S/C22H22F2N4O/c23-14-3-4-17(24)16(12-14)19-2-1-10-28(19)21-6-5-18-22(26-21)20(7-9-25-18)27-11-8-15(29)13-27/h3-7,9,12,15,19,29H,1-2,8,10-11,13H2. The van der Waals surface area contributed by atoms with Crippen LogP contribution in [0, 0.1) is 11.6 Å². The van der Waals surface area contributed by atoms with E-state index in [9.17, 15) is 13.9 Å². The first kappa shape index (κ1) is 18.2. The van der Waals surface area contributed by atoms with Gasteiger partial charge in [-0.2, -0.15) is 0 Å². The Kier molecular flexibility index (Phi) is 4.54. The number of pyridine rings is 2. The lowest BCUT2D eigenvalue weighted by atomic mass is 10.0. The van der Waals surface area contributed by atoms with Gasteiger partial charge in [0.1, 0.15) is 23.0 Å². The Hall–Kier alpha value is -2.80. The number of nitrogens with zero attached hydrogens (tertiary/aromatic N) is 4. The monoisotopic (exact) mass is 396 g/mol. The van der Waals surface area contributed by atoms with Crippen molar-refractivity contribution in [2.24, 2.45) is 0 Å². The van der Waals surface area contributed by atoms with Gasteiger partial charge in [0.05, 0.1) is 23.3 Å². The molecular formula is C22H22F2N4O. The Labute approximate surface area is 167 Å². The minimum atomic E-state index is -0.432. The average Bonchev–Trinajstić information content (AvgIpc) is 3.38. The third-order valence-corrected chi connectivity index (χ3v) is 5.92. The van der Waals surface area contributed by atoms with Crippen LogP contribution in [-0.4, -0.2) is 40.8 Å².